The molecule has 0 saturated carbocycles. The van der Waals surface area contributed by atoms with E-state index in [0.717, 1.165) is 26.1 Å². The van der Waals surface area contributed by atoms with Crippen LogP contribution in [0, 0.1) is 0 Å². The number of halogens is 2. The first-order chi connectivity index (χ1) is 5.72. The predicted molar refractivity (Wildman–Crippen MR) is 54.9 cm³/mol. The van der Waals surface area contributed by atoms with Gasteiger partial charge >= 0.3 is 0 Å². The summed E-state index contributed by atoms with van der Waals surface area (Å²) in [4.78, 5) is 2.36. The van der Waals surface area contributed by atoms with Gasteiger partial charge < -0.3 is 0 Å². The second kappa shape index (κ2) is 5.11. The van der Waals surface area contributed by atoms with Gasteiger partial charge in [0.25, 0.3) is 0 Å². The first-order valence-electron chi connectivity index (χ1n) is 4.34. The van der Waals surface area contributed by atoms with Gasteiger partial charge in [-0.2, -0.15) is 0 Å². The molecular weight excluding hydrogens is 193 g/mol. The van der Waals surface area contributed by atoms with E-state index in [1.165, 1.54) is 12.0 Å². The molecule has 1 aliphatic heterocycles. The molecule has 0 amide bonds. The molecule has 12 heavy (non-hydrogen) atoms. The van der Waals surface area contributed by atoms with Crippen molar-refractivity contribution in [3.63, 3.8) is 0 Å². The van der Waals surface area contributed by atoms with Crippen molar-refractivity contribution in [3.05, 3.63) is 11.1 Å². The standard InChI is InChI=1S/C9H15Cl2N/c1-8(5-10)6-12-4-2-3-9(11)7-12/h5,9H,2-4,6-7H2,1H3. The summed E-state index contributed by atoms with van der Waals surface area (Å²) in [6, 6.07) is 0. The van der Waals surface area contributed by atoms with Crippen molar-refractivity contribution in [1.29, 1.82) is 0 Å². The Bertz CT molecular complexity index is 168. The molecule has 0 radical (unpaired) electrons. The zero-order valence-corrected chi connectivity index (χ0v) is 8.91. The highest BCUT2D eigenvalue weighted by atomic mass is 35.5. The maximum Gasteiger partial charge on any atom is 0.0463 e. The molecule has 0 aromatic rings. The summed E-state index contributed by atoms with van der Waals surface area (Å²) < 4.78 is 0. The zero-order valence-electron chi connectivity index (χ0n) is 7.39. The number of likely N-dealkylation sites (tertiary alicyclic amines) is 1. The molecule has 0 aliphatic carbocycles. The van der Waals surface area contributed by atoms with Crippen molar-refractivity contribution in [3.8, 4) is 0 Å². The van der Waals surface area contributed by atoms with Crippen LogP contribution in [0.1, 0.15) is 19.8 Å². The Kier molecular flexibility index (Phi) is 4.41. The number of alkyl halides is 1. The Morgan fingerprint density at radius 2 is 2.42 bits per heavy atom. The maximum absolute atomic E-state index is 6.04. The zero-order chi connectivity index (χ0) is 8.97. The van der Waals surface area contributed by atoms with E-state index >= 15 is 0 Å². The van der Waals surface area contributed by atoms with E-state index in [0.29, 0.717) is 5.38 Å². The van der Waals surface area contributed by atoms with Crippen molar-refractivity contribution in [2.75, 3.05) is 19.6 Å². The van der Waals surface area contributed by atoms with Crippen LogP contribution in [0.15, 0.2) is 11.1 Å². The van der Waals surface area contributed by atoms with Gasteiger partial charge in [-0.05, 0) is 31.9 Å². The Hall–Kier alpha value is 0.280. The normalized spacial score (nSPS) is 27.6. The molecular formula is C9H15Cl2N. The quantitative estimate of drug-likeness (QED) is 0.630. The van der Waals surface area contributed by atoms with E-state index in [1.807, 2.05) is 6.92 Å². The van der Waals surface area contributed by atoms with E-state index < -0.39 is 0 Å². The van der Waals surface area contributed by atoms with Gasteiger partial charge in [-0.3, -0.25) is 4.90 Å². The molecule has 3 heteroatoms. The fraction of sp³-hybridized carbons (Fsp3) is 0.778. The lowest BCUT2D eigenvalue weighted by molar-refractivity contribution is 0.250. The Labute approximate surface area is 84.3 Å². The molecule has 0 spiro atoms. The van der Waals surface area contributed by atoms with E-state index in [9.17, 15) is 0 Å². The lowest BCUT2D eigenvalue weighted by Crippen LogP contribution is -2.36. The molecule has 0 aromatic carbocycles. The average Bonchev–Trinajstić information content (AvgIpc) is 2.04. The van der Waals surface area contributed by atoms with E-state index in [1.54, 1.807) is 5.54 Å². The highest BCUT2D eigenvalue weighted by molar-refractivity contribution is 6.25. The van der Waals surface area contributed by atoms with Crippen LogP contribution in [-0.2, 0) is 0 Å². The van der Waals surface area contributed by atoms with Crippen LogP contribution in [0.5, 0.6) is 0 Å². The van der Waals surface area contributed by atoms with Crippen molar-refractivity contribution in [2.24, 2.45) is 0 Å². The van der Waals surface area contributed by atoms with Crippen LogP contribution in [0.25, 0.3) is 0 Å². The van der Waals surface area contributed by atoms with Crippen LogP contribution in [-0.4, -0.2) is 29.9 Å². The molecule has 1 heterocycles. The Morgan fingerprint density at radius 3 is 3.00 bits per heavy atom. The average molecular weight is 208 g/mol. The van der Waals surface area contributed by atoms with Crippen molar-refractivity contribution in [2.45, 2.75) is 25.1 Å². The van der Waals surface area contributed by atoms with Crippen molar-refractivity contribution < 1.29 is 0 Å². The monoisotopic (exact) mass is 207 g/mol. The van der Waals surface area contributed by atoms with Gasteiger partial charge in [-0.1, -0.05) is 11.6 Å². The summed E-state index contributed by atoms with van der Waals surface area (Å²) in [5.74, 6) is 0. The largest absolute Gasteiger partial charge is 0.298 e. The molecule has 1 atom stereocenters. The van der Waals surface area contributed by atoms with Gasteiger partial charge in [-0.15, -0.1) is 11.6 Å². The smallest absolute Gasteiger partial charge is 0.0463 e. The molecule has 1 nitrogen and oxygen atoms in total. The fourth-order valence-electron chi connectivity index (χ4n) is 1.53. The molecule has 1 unspecified atom stereocenters. The molecule has 0 N–H and O–H groups in total. The summed E-state index contributed by atoms with van der Waals surface area (Å²) in [5.41, 5.74) is 2.86. The second-order valence-corrected chi connectivity index (χ2v) is 4.27. The maximum atomic E-state index is 6.04. The van der Waals surface area contributed by atoms with Crippen LogP contribution >= 0.6 is 23.2 Å². The molecule has 1 aliphatic rings. The number of nitrogens with zero attached hydrogens (tertiary/aromatic N) is 1. The van der Waals surface area contributed by atoms with E-state index in [2.05, 4.69) is 4.90 Å². The fourth-order valence-corrected chi connectivity index (χ4v) is 1.95. The molecule has 1 fully saturated rings. The molecule has 1 saturated heterocycles. The van der Waals surface area contributed by atoms with E-state index in [-0.39, 0.29) is 0 Å². The molecule has 1 rings (SSSR count). The number of hydrogen-bond donors (Lipinski definition) is 0. The SMILES string of the molecule is CC(=CCl)CN1CCCC(Cl)C1. The second-order valence-electron chi connectivity index (χ2n) is 3.43. The lowest BCUT2D eigenvalue weighted by atomic mass is 10.1. The molecule has 0 bridgehead atoms. The molecule has 70 valence electrons. The highest BCUT2D eigenvalue weighted by Crippen LogP contribution is 2.15. The first-order valence-corrected chi connectivity index (χ1v) is 5.22. The van der Waals surface area contributed by atoms with Crippen LogP contribution in [0.4, 0.5) is 0 Å². The topological polar surface area (TPSA) is 3.24 Å². The van der Waals surface area contributed by atoms with Gasteiger partial charge in [0.05, 0.1) is 0 Å². The number of rotatable bonds is 2. The van der Waals surface area contributed by atoms with Gasteiger partial charge in [0.1, 0.15) is 0 Å². The summed E-state index contributed by atoms with van der Waals surface area (Å²) in [5, 5.41) is 0.335. The minimum atomic E-state index is 0.335. The van der Waals surface area contributed by atoms with Gasteiger partial charge in [-0.25, -0.2) is 0 Å². The third kappa shape index (κ3) is 3.34. The minimum absolute atomic E-state index is 0.335. The van der Waals surface area contributed by atoms with Crippen molar-refractivity contribution in [1.82, 2.24) is 4.90 Å². The third-order valence-corrected chi connectivity index (χ3v) is 2.84. The molecule has 0 aromatic heterocycles. The van der Waals surface area contributed by atoms with Crippen LogP contribution in [0.2, 0.25) is 0 Å². The van der Waals surface area contributed by atoms with Crippen LogP contribution < -0.4 is 0 Å². The van der Waals surface area contributed by atoms with Gasteiger partial charge in [0, 0.05) is 24.0 Å². The highest BCUT2D eigenvalue weighted by Gasteiger charge is 2.17. The summed E-state index contributed by atoms with van der Waals surface area (Å²) >= 11 is 11.6. The predicted octanol–water partition coefficient (Wildman–Crippen LogP) is 2.83. The summed E-state index contributed by atoms with van der Waals surface area (Å²) in [6.45, 7) is 5.17. The summed E-state index contributed by atoms with van der Waals surface area (Å²) in [7, 11) is 0. The lowest BCUT2D eigenvalue weighted by Gasteiger charge is -2.29. The van der Waals surface area contributed by atoms with E-state index in [4.69, 9.17) is 23.2 Å². The van der Waals surface area contributed by atoms with Crippen LogP contribution in [0.3, 0.4) is 0 Å². The summed E-state index contributed by atoms with van der Waals surface area (Å²) in [6.07, 6.45) is 2.37. The number of piperidine rings is 1. The minimum Gasteiger partial charge on any atom is -0.298 e. The number of hydrogen-bond acceptors (Lipinski definition) is 1. The Balaban J connectivity index is 2.32. The van der Waals surface area contributed by atoms with Crippen molar-refractivity contribution >= 4 is 23.2 Å². The Morgan fingerprint density at radius 1 is 1.67 bits per heavy atom. The van der Waals surface area contributed by atoms with Gasteiger partial charge in [0.2, 0.25) is 0 Å². The third-order valence-electron chi connectivity index (χ3n) is 2.11. The van der Waals surface area contributed by atoms with Gasteiger partial charge in [0.15, 0.2) is 0 Å². The first kappa shape index (κ1) is 10.4.